The third-order valence-corrected chi connectivity index (χ3v) is 3.97. The lowest BCUT2D eigenvalue weighted by Gasteiger charge is -2.26. The number of hydrogen-bond acceptors (Lipinski definition) is 3. The molecule has 2 aromatic carbocycles. The van der Waals surface area contributed by atoms with Crippen LogP contribution < -0.4 is 15.4 Å². The molecule has 2 aromatic rings. The van der Waals surface area contributed by atoms with E-state index in [0.29, 0.717) is 18.7 Å². The molecule has 1 aliphatic rings. The largest absolute Gasteiger partial charge is 0.493 e. The monoisotopic (exact) mass is 324 g/mol. The van der Waals surface area contributed by atoms with Crippen molar-refractivity contribution in [2.45, 2.75) is 18.9 Å². The maximum Gasteiger partial charge on any atom is 0.251 e. The van der Waals surface area contributed by atoms with Gasteiger partial charge in [0.15, 0.2) is 0 Å². The predicted octanol–water partition coefficient (Wildman–Crippen LogP) is 2.45. The highest BCUT2D eigenvalue weighted by Crippen LogP contribution is 2.31. The first-order chi connectivity index (χ1) is 11.7. The molecule has 1 heterocycles. The van der Waals surface area contributed by atoms with E-state index in [9.17, 15) is 9.59 Å². The number of amides is 2. The highest BCUT2D eigenvalue weighted by molar-refractivity contribution is 5.94. The van der Waals surface area contributed by atoms with Crippen LogP contribution in [0.4, 0.5) is 0 Å². The molecule has 2 N–H and O–H groups in total. The van der Waals surface area contributed by atoms with Gasteiger partial charge in [0.2, 0.25) is 5.91 Å². The minimum Gasteiger partial charge on any atom is -0.493 e. The van der Waals surface area contributed by atoms with Crippen LogP contribution in [-0.4, -0.2) is 25.0 Å². The molecule has 0 unspecified atom stereocenters. The van der Waals surface area contributed by atoms with Crippen molar-refractivity contribution >= 4 is 11.8 Å². The lowest BCUT2D eigenvalue weighted by molar-refractivity contribution is -0.121. The normalized spacial score (nSPS) is 15.8. The first-order valence-corrected chi connectivity index (χ1v) is 8.08. The molecule has 124 valence electrons. The van der Waals surface area contributed by atoms with E-state index in [4.69, 9.17) is 4.74 Å². The fourth-order valence-corrected chi connectivity index (χ4v) is 2.74. The summed E-state index contributed by atoms with van der Waals surface area (Å²) < 4.78 is 5.59. The number of rotatable bonds is 5. The molecule has 0 saturated heterocycles. The Balaban J connectivity index is 1.48. The molecule has 0 aliphatic carbocycles. The van der Waals surface area contributed by atoms with Gasteiger partial charge in [0.1, 0.15) is 5.75 Å². The van der Waals surface area contributed by atoms with Gasteiger partial charge in [-0.1, -0.05) is 36.4 Å². The van der Waals surface area contributed by atoms with Crippen molar-refractivity contribution in [3.8, 4) is 5.75 Å². The molecule has 0 radical (unpaired) electrons. The van der Waals surface area contributed by atoms with Crippen LogP contribution in [0.2, 0.25) is 0 Å². The minimum atomic E-state index is -0.167. The molecule has 1 atom stereocenters. The number of nitrogens with one attached hydrogen (secondary N) is 2. The second kappa shape index (κ2) is 7.64. The second-order valence-electron chi connectivity index (χ2n) is 5.67. The van der Waals surface area contributed by atoms with Crippen LogP contribution >= 0.6 is 0 Å². The Morgan fingerprint density at radius 2 is 1.79 bits per heavy atom. The quantitative estimate of drug-likeness (QED) is 0.888. The molecule has 24 heavy (non-hydrogen) atoms. The van der Waals surface area contributed by atoms with Crippen LogP contribution in [0.25, 0.3) is 0 Å². The zero-order valence-electron chi connectivity index (χ0n) is 13.3. The number of benzene rings is 2. The van der Waals surface area contributed by atoms with Crippen molar-refractivity contribution in [1.82, 2.24) is 10.6 Å². The Morgan fingerprint density at radius 3 is 2.62 bits per heavy atom. The average Bonchev–Trinajstić information content (AvgIpc) is 2.63. The van der Waals surface area contributed by atoms with Crippen LogP contribution in [0.3, 0.4) is 0 Å². The first kappa shape index (κ1) is 16.1. The lowest BCUT2D eigenvalue weighted by atomic mass is 10.0. The van der Waals surface area contributed by atoms with Gasteiger partial charge in [-0.05, 0) is 18.2 Å². The first-order valence-electron chi connectivity index (χ1n) is 8.08. The average molecular weight is 324 g/mol. The van der Waals surface area contributed by atoms with Gasteiger partial charge >= 0.3 is 0 Å². The topological polar surface area (TPSA) is 67.4 Å². The zero-order chi connectivity index (χ0) is 16.8. The van der Waals surface area contributed by atoms with E-state index < -0.39 is 0 Å². The van der Waals surface area contributed by atoms with Gasteiger partial charge in [0.25, 0.3) is 5.91 Å². The molecule has 0 fully saturated rings. The molecular formula is C19H20N2O3. The molecule has 2 amide bonds. The van der Waals surface area contributed by atoms with Crippen molar-refractivity contribution in [2.24, 2.45) is 0 Å². The second-order valence-corrected chi connectivity index (χ2v) is 5.67. The van der Waals surface area contributed by atoms with E-state index in [2.05, 4.69) is 10.6 Å². The number of fused-ring (bicyclic) bond motifs is 1. The Bertz CT molecular complexity index is 716. The van der Waals surface area contributed by atoms with Crippen LogP contribution in [0.15, 0.2) is 54.6 Å². The molecule has 5 nitrogen and oxygen atoms in total. The van der Waals surface area contributed by atoms with Gasteiger partial charge < -0.3 is 15.4 Å². The standard InChI is InChI=1S/C19H20N2O3/c22-18(10-12-20-19(23)14-6-2-1-3-7-14)21-16-11-13-24-17-9-5-4-8-15(16)17/h1-9,16H,10-13H2,(H,20,23)(H,21,22)/t16-/m0/s1. The Labute approximate surface area is 141 Å². The van der Waals surface area contributed by atoms with E-state index in [1.165, 1.54) is 0 Å². The highest BCUT2D eigenvalue weighted by Gasteiger charge is 2.22. The summed E-state index contributed by atoms with van der Waals surface area (Å²) in [5.74, 6) is 0.580. The Morgan fingerprint density at radius 1 is 1.04 bits per heavy atom. The van der Waals surface area contributed by atoms with Crippen LogP contribution in [0.5, 0.6) is 5.75 Å². The van der Waals surface area contributed by atoms with E-state index in [-0.39, 0.29) is 24.3 Å². The summed E-state index contributed by atoms with van der Waals surface area (Å²) in [6.07, 6.45) is 0.997. The maximum atomic E-state index is 12.1. The van der Waals surface area contributed by atoms with E-state index in [1.54, 1.807) is 12.1 Å². The number of para-hydroxylation sites is 1. The molecule has 5 heteroatoms. The third kappa shape index (κ3) is 3.93. The van der Waals surface area contributed by atoms with E-state index in [0.717, 1.165) is 17.7 Å². The molecule has 0 spiro atoms. The van der Waals surface area contributed by atoms with E-state index >= 15 is 0 Å². The minimum absolute atomic E-state index is 0.0349. The SMILES string of the molecule is O=C(CCNC(=O)c1ccccc1)N[C@H]1CCOc2ccccc21. The Kier molecular flexibility index (Phi) is 5.11. The summed E-state index contributed by atoms with van der Waals surface area (Å²) in [6.45, 7) is 0.900. The van der Waals surface area contributed by atoms with Gasteiger partial charge in [0.05, 0.1) is 12.6 Å². The summed E-state index contributed by atoms with van der Waals surface area (Å²) in [5, 5.41) is 5.78. The highest BCUT2D eigenvalue weighted by atomic mass is 16.5. The number of carbonyl (C=O) groups excluding carboxylic acids is 2. The van der Waals surface area contributed by atoms with Crippen LogP contribution in [0, 0.1) is 0 Å². The van der Waals surface area contributed by atoms with Crippen molar-refractivity contribution in [3.63, 3.8) is 0 Å². The van der Waals surface area contributed by atoms with Crippen molar-refractivity contribution in [3.05, 3.63) is 65.7 Å². The molecule has 0 saturated carbocycles. The summed E-state index contributed by atoms with van der Waals surface area (Å²) >= 11 is 0. The number of ether oxygens (including phenoxy) is 1. The van der Waals surface area contributed by atoms with Gasteiger partial charge in [-0.25, -0.2) is 0 Å². The van der Waals surface area contributed by atoms with Gasteiger partial charge in [-0.3, -0.25) is 9.59 Å². The number of carbonyl (C=O) groups is 2. The summed E-state index contributed by atoms with van der Waals surface area (Å²) in [5.41, 5.74) is 1.60. The van der Waals surface area contributed by atoms with Crippen molar-refractivity contribution in [2.75, 3.05) is 13.2 Å². The zero-order valence-corrected chi connectivity index (χ0v) is 13.3. The molecule has 0 bridgehead atoms. The Hall–Kier alpha value is -2.82. The van der Waals surface area contributed by atoms with Gasteiger partial charge in [-0.15, -0.1) is 0 Å². The fraction of sp³-hybridized carbons (Fsp3) is 0.263. The van der Waals surface area contributed by atoms with Gasteiger partial charge in [-0.2, -0.15) is 0 Å². The summed E-state index contributed by atoms with van der Waals surface area (Å²) in [7, 11) is 0. The smallest absolute Gasteiger partial charge is 0.251 e. The predicted molar refractivity (Wildman–Crippen MR) is 90.8 cm³/mol. The fourth-order valence-electron chi connectivity index (χ4n) is 2.74. The summed E-state index contributed by atoms with van der Waals surface area (Å²) in [4.78, 5) is 24.1. The molecule has 0 aromatic heterocycles. The molecule has 1 aliphatic heterocycles. The third-order valence-electron chi connectivity index (χ3n) is 3.97. The number of hydrogen-bond donors (Lipinski definition) is 2. The van der Waals surface area contributed by atoms with E-state index in [1.807, 2.05) is 42.5 Å². The molecule has 3 rings (SSSR count). The van der Waals surface area contributed by atoms with Crippen molar-refractivity contribution < 1.29 is 14.3 Å². The van der Waals surface area contributed by atoms with Crippen LogP contribution in [-0.2, 0) is 4.79 Å². The maximum absolute atomic E-state index is 12.1. The van der Waals surface area contributed by atoms with Gasteiger partial charge in [0, 0.05) is 30.5 Å². The molecular weight excluding hydrogens is 304 g/mol. The lowest BCUT2D eigenvalue weighted by Crippen LogP contribution is -2.34. The summed E-state index contributed by atoms with van der Waals surface area (Å²) in [6, 6.07) is 16.7. The van der Waals surface area contributed by atoms with Crippen LogP contribution in [0.1, 0.15) is 34.8 Å². The van der Waals surface area contributed by atoms with Crippen molar-refractivity contribution in [1.29, 1.82) is 0 Å².